The maximum atomic E-state index is 11.2. The Morgan fingerprint density at radius 3 is 3.06 bits per heavy atom. The van der Waals surface area contributed by atoms with E-state index < -0.39 is 12.1 Å². The predicted octanol–water partition coefficient (Wildman–Crippen LogP) is 1.24. The van der Waals surface area contributed by atoms with E-state index in [-0.39, 0.29) is 11.8 Å². The van der Waals surface area contributed by atoms with Gasteiger partial charge in [0.15, 0.2) is 0 Å². The van der Waals surface area contributed by atoms with Gasteiger partial charge < -0.3 is 19.6 Å². The fraction of sp³-hybridized carbons (Fsp3) is 0.583. The first-order valence-corrected chi connectivity index (χ1v) is 5.82. The molecule has 0 bridgehead atoms. The minimum Gasteiger partial charge on any atom is -0.463 e. The van der Waals surface area contributed by atoms with Gasteiger partial charge in [0.05, 0.1) is 7.11 Å². The number of hydrogen-bond acceptors (Lipinski definition) is 5. The molecule has 1 saturated heterocycles. The zero-order valence-corrected chi connectivity index (χ0v) is 9.81. The van der Waals surface area contributed by atoms with Crippen LogP contribution in [0.25, 0.3) is 0 Å². The second kappa shape index (κ2) is 5.33. The number of aliphatic hydroxyl groups excluding tert-OH is 1. The van der Waals surface area contributed by atoms with Gasteiger partial charge in [-0.25, -0.2) is 4.79 Å². The van der Waals surface area contributed by atoms with Crippen LogP contribution >= 0.6 is 0 Å². The Morgan fingerprint density at radius 1 is 1.59 bits per heavy atom. The number of aliphatic hydroxyl groups is 1. The Hall–Kier alpha value is -1.33. The highest BCUT2D eigenvalue weighted by atomic mass is 16.5. The van der Waals surface area contributed by atoms with E-state index in [4.69, 9.17) is 4.42 Å². The number of carbonyl (C=O) groups excluding carboxylic acids is 1. The van der Waals surface area contributed by atoms with Gasteiger partial charge in [-0.05, 0) is 31.5 Å². The zero-order valence-electron chi connectivity index (χ0n) is 9.81. The van der Waals surface area contributed by atoms with Crippen molar-refractivity contribution in [1.82, 2.24) is 5.32 Å². The van der Waals surface area contributed by atoms with Gasteiger partial charge in [0, 0.05) is 6.04 Å². The zero-order chi connectivity index (χ0) is 12.3. The van der Waals surface area contributed by atoms with Gasteiger partial charge in [0.1, 0.15) is 11.9 Å². The van der Waals surface area contributed by atoms with Crippen molar-refractivity contribution in [3.05, 3.63) is 23.7 Å². The van der Waals surface area contributed by atoms with Gasteiger partial charge in [-0.3, -0.25) is 0 Å². The van der Waals surface area contributed by atoms with Crippen molar-refractivity contribution in [2.24, 2.45) is 0 Å². The Bertz CT molecular complexity index is 382. The maximum Gasteiger partial charge on any atom is 0.373 e. The molecular weight excluding hydrogens is 222 g/mol. The average Bonchev–Trinajstić information content (AvgIpc) is 2.87. The summed E-state index contributed by atoms with van der Waals surface area (Å²) in [5, 5.41) is 13.3. The molecular formula is C12H17NO4. The van der Waals surface area contributed by atoms with E-state index in [0.29, 0.717) is 5.76 Å². The van der Waals surface area contributed by atoms with Gasteiger partial charge >= 0.3 is 5.97 Å². The van der Waals surface area contributed by atoms with Crippen LogP contribution in [0, 0.1) is 0 Å². The number of nitrogens with one attached hydrogen (secondary N) is 1. The Kier molecular flexibility index (Phi) is 3.81. The van der Waals surface area contributed by atoms with E-state index in [9.17, 15) is 9.90 Å². The number of carbonyl (C=O) groups is 1. The van der Waals surface area contributed by atoms with E-state index in [1.165, 1.54) is 13.2 Å². The topological polar surface area (TPSA) is 71.7 Å². The first-order valence-electron chi connectivity index (χ1n) is 5.82. The van der Waals surface area contributed by atoms with E-state index in [0.717, 1.165) is 25.8 Å². The van der Waals surface area contributed by atoms with E-state index >= 15 is 0 Å². The van der Waals surface area contributed by atoms with Crippen LogP contribution in [-0.2, 0) is 4.74 Å². The third-order valence-electron chi connectivity index (χ3n) is 3.03. The quantitative estimate of drug-likeness (QED) is 0.776. The Labute approximate surface area is 99.8 Å². The number of hydrogen-bond donors (Lipinski definition) is 2. The summed E-state index contributed by atoms with van der Waals surface area (Å²) >= 11 is 0. The van der Waals surface area contributed by atoms with Crippen LogP contribution < -0.4 is 5.32 Å². The Balaban J connectivity index is 2.05. The van der Waals surface area contributed by atoms with Gasteiger partial charge in [-0.1, -0.05) is 6.42 Å². The summed E-state index contributed by atoms with van der Waals surface area (Å²) in [6.45, 7) is 0.909. The molecule has 5 heteroatoms. The normalized spacial score (nSPS) is 22.1. The average molecular weight is 239 g/mol. The highest BCUT2D eigenvalue weighted by Gasteiger charge is 2.26. The van der Waals surface area contributed by atoms with Crippen molar-refractivity contribution < 1.29 is 19.1 Å². The van der Waals surface area contributed by atoms with Crippen LogP contribution in [-0.4, -0.2) is 30.8 Å². The lowest BCUT2D eigenvalue weighted by Gasteiger charge is -2.26. The summed E-state index contributed by atoms with van der Waals surface area (Å²) in [4.78, 5) is 11.2. The summed E-state index contributed by atoms with van der Waals surface area (Å²) in [7, 11) is 1.30. The van der Waals surface area contributed by atoms with Crippen molar-refractivity contribution in [2.75, 3.05) is 13.7 Å². The predicted molar refractivity (Wildman–Crippen MR) is 60.6 cm³/mol. The van der Waals surface area contributed by atoms with Crippen molar-refractivity contribution >= 4 is 5.97 Å². The third-order valence-corrected chi connectivity index (χ3v) is 3.03. The summed E-state index contributed by atoms with van der Waals surface area (Å²) in [6, 6.07) is 3.14. The van der Waals surface area contributed by atoms with Crippen molar-refractivity contribution in [1.29, 1.82) is 0 Å². The molecule has 1 aliphatic rings. The highest BCUT2D eigenvalue weighted by molar-refractivity contribution is 5.86. The molecule has 0 saturated carbocycles. The molecule has 2 heterocycles. The second-order valence-corrected chi connectivity index (χ2v) is 4.19. The number of piperidine rings is 1. The largest absolute Gasteiger partial charge is 0.463 e. The van der Waals surface area contributed by atoms with Gasteiger partial charge in [0.25, 0.3) is 0 Å². The number of esters is 1. The van der Waals surface area contributed by atoms with E-state index in [1.54, 1.807) is 6.07 Å². The second-order valence-electron chi connectivity index (χ2n) is 4.19. The Morgan fingerprint density at radius 2 is 2.41 bits per heavy atom. The van der Waals surface area contributed by atoms with Crippen molar-refractivity contribution in [3.8, 4) is 0 Å². The molecule has 0 aliphatic carbocycles. The van der Waals surface area contributed by atoms with Crippen LogP contribution in [0.5, 0.6) is 0 Å². The molecule has 0 aromatic carbocycles. The van der Waals surface area contributed by atoms with E-state index in [2.05, 4.69) is 10.1 Å². The molecule has 2 atom stereocenters. The molecule has 5 nitrogen and oxygen atoms in total. The molecule has 1 fully saturated rings. The summed E-state index contributed by atoms with van der Waals surface area (Å²) in [5.41, 5.74) is 0. The van der Waals surface area contributed by atoms with Crippen molar-refractivity contribution in [3.63, 3.8) is 0 Å². The van der Waals surface area contributed by atoms with Gasteiger partial charge in [-0.15, -0.1) is 0 Å². The molecule has 0 amide bonds. The van der Waals surface area contributed by atoms with Crippen molar-refractivity contribution in [2.45, 2.75) is 31.4 Å². The molecule has 0 spiro atoms. The molecule has 2 N–H and O–H groups in total. The first kappa shape index (κ1) is 12.1. The SMILES string of the molecule is COC(=O)c1ccc(C(O)C2CCCCN2)o1. The lowest BCUT2D eigenvalue weighted by atomic mass is 9.98. The molecule has 1 aliphatic heterocycles. The molecule has 17 heavy (non-hydrogen) atoms. The highest BCUT2D eigenvalue weighted by Crippen LogP contribution is 2.24. The molecule has 2 rings (SSSR count). The van der Waals surface area contributed by atoms with Crippen LogP contribution in [0.3, 0.4) is 0 Å². The number of rotatable bonds is 3. The standard InChI is InChI=1S/C12H17NO4/c1-16-12(15)10-6-5-9(17-10)11(14)8-4-2-3-7-13-8/h5-6,8,11,13-14H,2-4,7H2,1H3. The molecule has 0 radical (unpaired) electrons. The smallest absolute Gasteiger partial charge is 0.373 e. The van der Waals surface area contributed by atoms with Crippen LogP contribution in [0.2, 0.25) is 0 Å². The minimum absolute atomic E-state index is 0.000368. The monoisotopic (exact) mass is 239 g/mol. The molecule has 2 unspecified atom stereocenters. The van der Waals surface area contributed by atoms with E-state index in [1.807, 2.05) is 0 Å². The lowest BCUT2D eigenvalue weighted by molar-refractivity contribution is 0.0541. The fourth-order valence-electron chi connectivity index (χ4n) is 2.07. The van der Waals surface area contributed by atoms with Crippen LogP contribution in [0.1, 0.15) is 41.7 Å². The number of methoxy groups -OCH3 is 1. The summed E-state index contributed by atoms with van der Waals surface area (Å²) < 4.78 is 9.83. The number of furan rings is 1. The summed E-state index contributed by atoms with van der Waals surface area (Å²) in [6.07, 6.45) is 2.43. The molecule has 1 aromatic rings. The summed E-state index contributed by atoms with van der Waals surface area (Å²) in [5.74, 6) is 0.00205. The van der Waals surface area contributed by atoms with Gasteiger partial charge in [0.2, 0.25) is 5.76 Å². The van der Waals surface area contributed by atoms with Crippen LogP contribution in [0.4, 0.5) is 0 Å². The number of ether oxygens (including phenoxy) is 1. The minimum atomic E-state index is -0.714. The van der Waals surface area contributed by atoms with Crippen LogP contribution in [0.15, 0.2) is 16.5 Å². The fourth-order valence-corrected chi connectivity index (χ4v) is 2.07. The third kappa shape index (κ3) is 2.68. The maximum absolute atomic E-state index is 11.2. The molecule has 1 aromatic heterocycles. The first-order chi connectivity index (χ1) is 8.22. The molecule has 94 valence electrons. The lowest BCUT2D eigenvalue weighted by Crippen LogP contribution is -2.38. The van der Waals surface area contributed by atoms with Gasteiger partial charge in [-0.2, -0.15) is 0 Å².